The summed E-state index contributed by atoms with van der Waals surface area (Å²) in [6.45, 7) is 2.17. The van der Waals surface area contributed by atoms with Crippen LogP contribution in [0, 0.1) is 17.7 Å². The molecule has 1 N–H and O–H groups in total. The van der Waals surface area contributed by atoms with Crippen LogP contribution in [-0.4, -0.2) is 10.1 Å². The summed E-state index contributed by atoms with van der Waals surface area (Å²) in [7, 11) is 0. The zero-order valence-corrected chi connectivity index (χ0v) is 10.3. The number of hydrogen-bond donors (Lipinski definition) is 1. The number of aliphatic hydroxyl groups is 1. The molecule has 1 heterocycles. The van der Waals surface area contributed by atoms with Crippen molar-refractivity contribution in [3.8, 4) is 0 Å². The van der Waals surface area contributed by atoms with Crippen molar-refractivity contribution >= 4 is 0 Å². The van der Waals surface area contributed by atoms with E-state index < -0.39 is 6.10 Å². The van der Waals surface area contributed by atoms with Crippen LogP contribution in [0.3, 0.4) is 0 Å². The number of pyridine rings is 1. The summed E-state index contributed by atoms with van der Waals surface area (Å²) in [5.74, 6) is 0.508. The Labute approximate surface area is 102 Å². The first kappa shape index (κ1) is 12.5. The fraction of sp³-hybridized carbons (Fsp3) is 0.643. The molecule has 17 heavy (non-hydrogen) atoms. The lowest BCUT2D eigenvalue weighted by molar-refractivity contribution is 0.0421. The van der Waals surface area contributed by atoms with Crippen LogP contribution in [0.2, 0.25) is 0 Å². The highest BCUT2D eigenvalue weighted by atomic mass is 19.1. The van der Waals surface area contributed by atoms with Crippen LogP contribution in [0.1, 0.15) is 50.8 Å². The van der Waals surface area contributed by atoms with E-state index >= 15 is 0 Å². The van der Waals surface area contributed by atoms with Gasteiger partial charge < -0.3 is 5.11 Å². The monoisotopic (exact) mass is 237 g/mol. The molecule has 0 aliphatic heterocycles. The van der Waals surface area contributed by atoms with E-state index in [9.17, 15) is 9.50 Å². The van der Waals surface area contributed by atoms with E-state index in [-0.39, 0.29) is 11.7 Å². The van der Waals surface area contributed by atoms with Crippen LogP contribution in [-0.2, 0) is 0 Å². The molecule has 1 aromatic rings. The number of aliphatic hydroxyl groups excluding tert-OH is 1. The van der Waals surface area contributed by atoms with E-state index in [2.05, 4.69) is 11.9 Å². The third kappa shape index (κ3) is 2.83. The largest absolute Gasteiger partial charge is 0.387 e. The number of rotatable bonds is 3. The molecule has 3 atom stereocenters. The zero-order chi connectivity index (χ0) is 12.3. The number of hydrogen-bond acceptors (Lipinski definition) is 2. The second-order valence-corrected chi connectivity index (χ2v) is 4.96. The second kappa shape index (κ2) is 5.58. The molecule has 0 spiro atoms. The molecule has 0 amide bonds. The lowest BCUT2D eigenvalue weighted by atomic mass is 9.74. The quantitative estimate of drug-likeness (QED) is 0.873. The van der Waals surface area contributed by atoms with Gasteiger partial charge in [0.15, 0.2) is 0 Å². The highest BCUT2D eigenvalue weighted by Gasteiger charge is 2.31. The van der Waals surface area contributed by atoms with E-state index in [1.807, 2.05) is 0 Å². The number of nitrogens with zero attached hydrogens (tertiary/aromatic N) is 1. The van der Waals surface area contributed by atoms with Crippen molar-refractivity contribution in [2.45, 2.75) is 45.1 Å². The van der Waals surface area contributed by atoms with E-state index in [1.165, 1.54) is 31.5 Å². The molecule has 1 fully saturated rings. The molecule has 1 aliphatic rings. The fourth-order valence-electron chi connectivity index (χ4n) is 2.94. The molecule has 1 saturated carbocycles. The van der Waals surface area contributed by atoms with E-state index in [4.69, 9.17) is 0 Å². The van der Waals surface area contributed by atoms with Gasteiger partial charge in [0.2, 0.25) is 0 Å². The van der Waals surface area contributed by atoms with Crippen molar-refractivity contribution in [2.75, 3.05) is 0 Å². The Morgan fingerprint density at radius 2 is 2.18 bits per heavy atom. The Morgan fingerprint density at radius 3 is 2.82 bits per heavy atom. The summed E-state index contributed by atoms with van der Waals surface area (Å²) in [5.41, 5.74) is 0.608. The minimum absolute atomic E-state index is 0.284. The maximum absolute atomic E-state index is 12.8. The molecule has 3 unspecified atom stereocenters. The molecule has 1 aliphatic carbocycles. The molecule has 2 rings (SSSR count). The predicted octanol–water partition coefficient (Wildman–Crippen LogP) is 3.47. The minimum Gasteiger partial charge on any atom is -0.387 e. The van der Waals surface area contributed by atoms with Crippen LogP contribution < -0.4 is 0 Å². The van der Waals surface area contributed by atoms with E-state index in [0.717, 1.165) is 12.8 Å². The minimum atomic E-state index is -0.541. The third-order valence-electron chi connectivity index (χ3n) is 3.95. The van der Waals surface area contributed by atoms with Crippen LogP contribution >= 0.6 is 0 Å². The summed E-state index contributed by atoms with van der Waals surface area (Å²) in [4.78, 5) is 4.00. The Balaban J connectivity index is 2.12. The molecular weight excluding hydrogens is 217 g/mol. The van der Waals surface area contributed by atoms with Crippen LogP contribution in [0.15, 0.2) is 18.3 Å². The van der Waals surface area contributed by atoms with Gasteiger partial charge in [0, 0.05) is 0 Å². The maximum atomic E-state index is 12.8. The fourth-order valence-corrected chi connectivity index (χ4v) is 2.94. The number of aromatic nitrogens is 1. The molecule has 0 aromatic carbocycles. The van der Waals surface area contributed by atoms with Gasteiger partial charge >= 0.3 is 0 Å². The van der Waals surface area contributed by atoms with Gasteiger partial charge in [-0.3, -0.25) is 4.98 Å². The van der Waals surface area contributed by atoms with Gasteiger partial charge in [-0.05, 0) is 30.4 Å². The molecule has 3 heteroatoms. The van der Waals surface area contributed by atoms with Crippen LogP contribution in [0.5, 0.6) is 0 Å². The average Bonchev–Trinajstić information content (AvgIpc) is 2.39. The summed E-state index contributed by atoms with van der Waals surface area (Å²) in [6.07, 6.45) is 6.43. The zero-order valence-electron chi connectivity index (χ0n) is 10.3. The molecule has 94 valence electrons. The van der Waals surface area contributed by atoms with Crippen molar-refractivity contribution in [1.82, 2.24) is 4.98 Å². The van der Waals surface area contributed by atoms with Gasteiger partial charge in [-0.1, -0.05) is 32.6 Å². The van der Waals surface area contributed by atoms with Crippen molar-refractivity contribution < 1.29 is 9.50 Å². The van der Waals surface area contributed by atoms with Crippen LogP contribution in [0.4, 0.5) is 4.39 Å². The van der Waals surface area contributed by atoms with E-state index in [1.54, 1.807) is 6.07 Å². The molecule has 1 aromatic heterocycles. The Kier molecular flexibility index (Phi) is 4.11. The highest BCUT2D eigenvalue weighted by Crippen LogP contribution is 2.39. The predicted molar refractivity (Wildman–Crippen MR) is 64.9 cm³/mol. The standard InChI is InChI=1S/C14H20FNO/c1-2-10-5-3-4-6-12(10)14(17)13-8-7-11(15)9-16-13/h7-10,12,14,17H,2-6H2,1H3. The van der Waals surface area contributed by atoms with Gasteiger partial charge in [0.1, 0.15) is 5.82 Å². The highest BCUT2D eigenvalue weighted by molar-refractivity contribution is 5.09. The number of halogens is 1. The van der Waals surface area contributed by atoms with Crippen molar-refractivity contribution in [2.24, 2.45) is 11.8 Å². The first-order valence-corrected chi connectivity index (χ1v) is 6.52. The van der Waals surface area contributed by atoms with Gasteiger partial charge in [-0.15, -0.1) is 0 Å². The Hall–Kier alpha value is -0.960. The Morgan fingerprint density at radius 1 is 1.41 bits per heavy atom. The normalized spacial score (nSPS) is 26.8. The van der Waals surface area contributed by atoms with Gasteiger partial charge in [-0.2, -0.15) is 0 Å². The van der Waals surface area contributed by atoms with Gasteiger partial charge in [-0.25, -0.2) is 4.39 Å². The molecular formula is C14H20FNO. The van der Waals surface area contributed by atoms with Crippen molar-refractivity contribution in [3.63, 3.8) is 0 Å². The molecule has 0 saturated heterocycles. The first-order valence-electron chi connectivity index (χ1n) is 6.52. The van der Waals surface area contributed by atoms with E-state index in [0.29, 0.717) is 11.6 Å². The van der Waals surface area contributed by atoms with Gasteiger partial charge in [0.05, 0.1) is 18.0 Å². The second-order valence-electron chi connectivity index (χ2n) is 4.96. The van der Waals surface area contributed by atoms with Gasteiger partial charge in [0.25, 0.3) is 0 Å². The first-order chi connectivity index (χ1) is 8.22. The SMILES string of the molecule is CCC1CCCCC1C(O)c1ccc(F)cn1. The molecule has 0 bridgehead atoms. The summed E-state index contributed by atoms with van der Waals surface area (Å²) in [6, 6.07) is 2.97. The topological polar surface area (TPSA) is 33.1 Å². The third-order valence-corrected chi connectivity index (χ3v) is 3.95. The smallest absolute Gasteiger partial charge is 0.141 e. The summed E-state index contributed by atoms with van der Waals surface area (Å²) < 4.78 is 12.8. The maximum Gasteiger partial charge on any atom is 0.141 e. The average molecular weight is 237 g/mol. The summed E-state index contributed by atoms with van der Waals surface area (Å²) in [5, 5.41) is 10.4. The van der Waals surface area contributed by atoms with Crippen LogP contribution in [0.25, 0.3) is 0 Å². The molecule has 0 radical (unpaired) electrons. The lowest BCUT2D eigenvalue weighted by Gasteiger charge is -2.34. The van der Waals surface area contributed by atoms with Crippen molar-refractivity contribution in [3.05, 3.63) is 29.8 Å². The molecule has 2 nitrogen and oxygen atoms in total. The van der Waals surface area contributed by atoms with Crippen molar-refractivity contribution in [1.29, 1.82) is 0 Å². The summed E-state index contributed by atoms with van der Waals surface area (Å²) >= 11 is 0. The Bertz CT molecular complexity index is 352. The lowest BCUT2D eigenvalue weighted by Crippen LogP contribution is -2.25.